The summed E-state index contributed by atoms with van der Waals surface area (Å²) in [5.41, 5.74) is 5.17. The molecule has 11 heteroatoms. The SMILES string of the molecule is CC(NC(=O)CN)C(=O)N1CCCC1C(=O)NC(CC(=O)O)C(=O)O. The van der Waals surface area contributed by atoms with E-state index in [9.17, 15) is 24.0 Å². The van der Waals surface area contributed by atoms with Crippen LogP contribution in [0.3, 0.4) is 0 Å². The third-order valence-electron chi connectivity index (χ3n) is 3.77. The molecule has 1 aliphatic heterocycles. The van der Waals surface area contributed by atoms with Crippen LogP contribution in [-0.4, -0.2) is 76.0 Å². The molecule has 140 valence electrons. The molecule has 25 heavy (non-hydrogen) atoms. The van der Waals surface area contributed by atoms with Crippen LogP contribution in [0, 0.1) is 0 Å². The quantitative estimate of drug-likeness (QED) is 0.315. The Kier molecular flexibility index (Phi) is 7.30. The highest BCUT2D eigenvalue weighted by Gasteiger charge is 2.37. The summed E-state index contributed by atoms with van der Waals surface area (Å²) < 4.78 is 0. The number of nitrogens with zero attached hydrogens (tertiary/aromatic N) is 1. The van der Waals surface area contributed by atoms with Crippen LogP contribution in [0.15, 0.2) is 0 Å². The van der Waals surface area contributed by atoms with Crippen LogP contribution in [0.4, 0.5) is 0 Å². The minimum atomic E-state index is -1.59. The zero-order valence-electron chi connectivity index (χ0n) is 13.7. The smallest absolute Gasteiger partial charge is 0.326 e. The van der Waals surface area contributed by atoms with Crippen molar-refractivity contribution in [3.8, 4) is 0 Å². The second kappa shape index (κ2) is 8.97. The van der Waals surface area contributed by atoms with Gasteiger partial charge in [0.2, 0.25) is 17.7 Å². The van der Waals surface area contributed by atoms with Crippen molar-refractivity contribution in [1.29, 1.82) is 0 Å². The summed E-state index contributed by atoms with van der Waals surface area (Å²) in [6.07, 6.45) is 0.0668. The lowest BCUT2D eigenvalue weighted by Crippen LogP contribution is -2.55. The van der Waals surface area contributed by atoms with E-state index < -0.39 is 54.2 Å². The van der Waals surface area contributed by atoms with Gasteiger partial charge in [0.05, 0.1) is 13.0 Å². The van der Waals surface area contributed by atoms with Gasteiger partial charge in [-0.25, -0.2) is 4.79 Å². The molecular formula is C14H22N4O7. The number of amides is 3. The number of carbonyl (C=O) groups excluding carboxylic acids is 3. The first-order valence-corrected chi connectivity index (χ1v) is 7.72. The fraction of sp³-hybridized carbons (Fsp3) is 0.643. The van der Waals surface area contributed by atoms with Gasteiger partial charge in [-0.15, -0.1) is 0 Å². The Hall–Kier alpha value is -2.69. The van der Waals surface area contributed by atoms with Gasteiger partial charge >= 0.3 is 11.9 Å². The summed E-state index contributed by atoms with van der Waals surface area (Å²) in [5, 5.41) is 22.2. The van der Waals surface area contributed by atoms with E-state index >= 15 is 0 Å². The Morgan fingerprint density at radius 2 is 1.84 bits per heavy atom. The predicted octanol–water partition coefficient (Wildman–Crippen LogP) is -2.52. The van der Waals surface area contributed by atoms with Gasteiger partial charge < -0.3 is 31.5 Å². The van der Waals surface area contributed by atoms with Gasteiger partial charge in [-0.1, -0.05) is 0 Å². The number of carboxylic acids is 2. The third kappa shape index (κ3) is 5.71. The van der Waals surface area contributed by atoms with E-state index in [2.05, 4.69) is 10.6 Å². The van der Waals surface area contributed by atoms with Gasteiger partial charge in [-0.3, -0.25) is 19.2 Å². The maximum absolute atomic E-state index is 12.4. The van der Waals surface area contributed by atoms with Crippen molar-refractivity contribution in [3.05, 3.63) is 0 Å². The molecule has 0 saturated carbocycles. The molecule has 0 spiro atoms. The lowest BCUT2D eigenvalue weighted by Gasteiger charge is -2.27. The number of nitrogens with one attached hydrogen (secondary N) is 2. The first-order chi connectivity index (χ1) is 11.7. The highest BCUT2D eigenvalue weighted by molar-refractivity contribution is 5.94. The second-order valence-electron chi connectivity index (χ2n) is 5.68. The minimum Gasteiger partial charge on any atom is -0.481 e. The number of carbonyl (C=O) groups is 5. The van der Waals surface area contributed by atoms with Crippen molar-refractivity contribution >= 4 is 29.7 Å². The topological polar surface area (TPSA) is 179 Å². The van der Waals surface area contributed by atoms with Crippen LogP contribution in [-0.2, 0) is 24.0 Å². The molecule has 1 aliphatic rings. The number of aliphatic carboxylic acids is 2. The van der Waals surface area contributed by atoms with Gasteiger partial charge in [-0.2, -0.15) is 0 Å². The lowest BCUT2D eigenvalue weighted by atomic mass is 10.1. The van der Waals surface area contributed by atoms with Crippen LogP contribution in [0.5, 0.6) is 0 Å². The Balaban J connectivity index is 2.76. The second-order valence-corrected chi connectivity index (χ2v) is 5.68. The first kappa shape index (κ1) is 20.4. The Morgan fingerprint density at radius 1 is 1.20 bits per heavy atom. The van der Waals surface area contributed by atoms with Crippen molar-refractivity contribution < 1.29 is 34.2 Å². The van der Waals surface area contributed by atoms with Crippen molar-refractivity contribution in [1.82, 2.24) is 15.5 Å². The van der Waals surface area contributed by atoms with Gasteiger partial charge in [0, 0.05) is 6.54 Å². The van der Waals surface area contributed by atoms with E-state index in [-0.39, 0.29) is 13.1 Å². The Morgan fingerprint density at radius 3 is 2.36 bits per heavy atom. The van der Waals surface area contributed by atoms with Crippen LogP contribution >= 0.6 is 0 Å². The molecule has 6 N–H and O–H groups in total. The summed E-state index contributed by atoms with van der Waals surface area (Å²) in [6, 6.07) is -3.39. The predicted molar refractivity (Wildman–Crippen MR) is 83.2 cm³/mol. The summed E-state index contributed by atoms with van der Waals surface area (Å²) >= 11 is 0. The molecule has 0 aromatic carbocycles. The van der Waals surface area contributed by atoms with E-state index in [1.165, 1.54) is 11.8 Å². The Labute approximate surface area is 143 Å². The molecule has 0 bridgehead atoms. The maximum atomic E-state index is 12.4. The molecule has 0 aromatic heterocycles. The van der Waals surface area contributed by atoms with Crippen molar-refractivity contribution in [2.45, 2.75) is 44.3 Å². The summed E-state index contributed by atoms with van der Waals surface area (Å²) in [6.45, 7) is 1.45. The van der Waals surface area contributed by atoms with E-state index in [1.807, 2.05) is 0 Å². The van der Waals surface area contributed by atoms with Gasteiger partial charge in [-0.05, 0) is 19.8 Å². The monoisotopic (exact) mass is 358 g/mol. The molecule has 0 aromatic rings. The highest BCUT2D eigenvalue weighted by atomic mass is 16.4. The molecule has 3 amide bonds. The van der Waals surface area contributed by atoms with Crippen molar-refractivity contribution in [3.63, 3.8) is 0 Å². The van der Waals surface area contributed by atoms with Crippen molar-refractivity contribution in [2.24, 2.45) is 5.73 Å². The normalized spacial score (nSPS) is 19.0. The molecule has 3 atom stereocenters. The molecule has 1 saturated heterocycles. The molecule has 3 unspecified atom stereocenters. The van der Waals surface area contributed by atoms with E-state index in [0.717, 1.165) is 0 Å². The molecule has 1 heterocycles. The van der Waals surface area contributed by atoms with Crippen molar-refractivity contribution in [2.75, 3.05) is 13.1 Å². The molecule has 0 aliphatic carbocycles. The summed E-state index contributed by atoms with van der Waals surface area (Å²) in [4.78, 5) is 58.9. The first-order valence-electron chi connectivity index (χ1n) is 7.72. The van der Waals surface area contributed by atoms with Gasteiger partial charge in [0.1, 0.15) is 18.1 Å². The molecule has 11 nitrogen and oxygen atoms in total. The number of nitrogens with two attached hydrogens (primary N) is 1. The molecular weight excluding hydrogens is 336 g/mol. The van der Waals surface area contributed by atoms with Crippen LogP contribution in [0.2, 0.25) is 0 Å². The number of rotatable bonds is 8. The summed E-state index contributed by atoms with van der Waals surface area (Å²) in [5.74, 6) is -4.60. The fourth-order valence-corrected chi connectivity index (χ4v) is 2.56. The highest BCUT2D eigenvalue weighted by Crippen LogP contribution is 2.19. The standard InChI is InChI=1S/C14H22N4O7/c1-7(16-10(19)6-15)13(23)18-4-2-3-9(18)12(22)17-8(14(24)25)5-11(20)21/h7-9H,2-6,15H2,1H3,(H,16,19)(H,17,22)(H,20,21)(H,24,25). The Bertz CT molecular complexity index is 565. The molecule has 0 radical (unpaired) electrons. The van der Waals surface area contributed by atoms with Gasteiger partial charge in [0.15, 0.2) is 0 Å². The van der Waals surface area contributed by atoms with Crippen LogP contribution in [0.25, 0.3) is 0 Å². The summed E-state index contributed by atoms with van der Waals surface area (Å²) in [7, 11) is 0. The third-order valence-corrected chi connectivity index (χ3v) is 3.77. The van der Waals surface area contributed by atoms with Gasteiger partial charge in [0.25, 0.3) is 0 Å². The fourth-order valence-electron chi connectivity index (χ4n) is 2.56. The molecule has 1 fully saturated rings. The minimum absolute atomic E-state index is 0.274. The van der Waals surface area contributed by atoms with E-state index in [1.54, 1.807) is 0 Å². The average Bonchev–Trinajstić information content (AvgIpc) is 3.02. The van der Waals surface area contributed by atoms with Crippen LogP contribution in [0.1, 0.15) is 26.2 Å². The zero-order chi connectivity index (χ0) is 19.1. The number of hydrogen-bond donors (Lipinski definition) is 5. The number of carboxylic acid groups (broad SMARTS) is 2. The van der Waals surface area contributed by atoms with E-state index in [0.29, 0.717) is 12.8 Å². The average molecular weight is 358 g/mol. The maximum Gasteiger partial charge on any atom is 0.326 e. The van der Waals surface area contributed by atoms with E-state index in [4.69, 9.17) is 15.9 Å². The number of hydrogen-bond acceptors (Lipinski definition) is 6. The van der Waals surface area contributed by atoms with Crippen LogP contribution < -0.4 is 16.4 Å². The zero-order valence-corrected chi connectivity index (χ0v) is 13.7. The number of likely N-dealkylation sites (tertiary alicyclic amines) is 1. The lowest BCUT2D eigenvalue weighted by molar-refractivity contribution is -0.148. The largest absolute Gasteiger partial charge is 0.481 e. The molecule has 1 rings (SSSR count).